The van der Waals surface area contributed by atoms with Gasteiger partial charge in [-0.05, 0) is 28.1 Å². The predicted molar refractivity (Wildman–Crippen MR) is 46.7 cm³/mol. The summed E-state index contributed by atoms with van der Waals surface area (Å²) in [6.45, 7) is 3.00. The average molecular weight is 165 g/mol. The SMILES string of the molecule is CNC(C)C(Cl)CN(C)C. The molecule has 0 radical (unpaired) electrons. The van der Waals surface area contributed by atoms with Gasteiger partial charge in [0.2, 0.25) is 0 Å². The number of halogens is 1. The van der Waals surface area contributed by atoms with Gasteiger partial charge >= 0.3 is 0 Å². The van der Waals surface area contributed by atoms with Crippen LogP contribution in [0.2, 0.25) is 0 Å². The average Bonchev–Trinajstić information content (AvgIpc) is 1.85. The molecule has 0 saturated heterocycles. The van der Waals surface area contributed by atoms with Gasteiger partial charge in [-0.2, -0.15) is 0 Å². The Kier molecular flexibility index (Phi) is 5.04. The van der Waals surface area contributed by atoms with Crippen LogP contribution in [-0.4, -0.2) is 44.0 Å². The van der Waals surface area contributed by atoms with Gasteiger partial charge in [-0.15, -0.1) is 11.6 Å². The maximum Gasteiger partial charge on any atom is 0.0613 e. The topological polar surface area (TPSA) is 15.3 Å². The van der Waals surface area contributed by atoms with Crippen molar-refractivity contribution in [2.45, 2.75) is 18.3 Å². The lowest BCUT2D eigenvalue weighted by Crippen LogP contribution is -2.37. The molecule has 1 N–H and O–H groups in total. The van der Waals surface area contributed by atoms with Crippen molar-refractivity contribution in [3.05, 3.63) is 0 Å². The molecule has 62 valence electrons. The third-order valence-electron chi connectivity index (χ3n) is 1.54. The summed E-state index contributed by atoms with van der Waals surface area (Å²) >= 11 is 6.02. The van der Waals surface area contributed by atoms with Gasteiger partial charge in [0.05, 0.1) is 5.38 Å². The molecule has 0 aromatic heterocycles. The van der Waals surface area contributed by atoms with E-state index in [4.69, 9.17) is 11.6 Å². The highest BCUT2D eigenvalue weighted by atomic mass is 35.5. The van der Waals surface area contributed by atoms with Gasteiger partial charge in [-0.1, -0.05) is 0 Å². The van der Waals surface area contributed by atoms with Gasteiger partial charge < -0.3 is 10.2 Å². The molecule has 0 saturated carbocycles. The smallest absolute Gasteiger partial charge is 0.0613 e. The van der Waals surface area contributed by atoms with Crippen molar-refractivity contribution in [2.24, 2.45) is 0 Å². The first kappa shape index (κ1) is 10.2. The second kappa shape index (κ2) is 4.94. The van der Waals surface area contributed by atoms with E-state index < -0.39 is 0 Å². The molecule has 0 aliphatic rings. The predicted octanol–water partition coefficient (Wildman–Crippen LogP) is 0.763. The molecule has 0 spiro atoms. The minimum atomic E-state index is 0.194. The summed E-state index contributed by atoms with van der Waals surface area (Å²) in [6, 6.07) is 0.379. The zero-order valence-electron chi connectivity index (χ0n) is 7.19. The van der Waals surface area contributed by atoms with Crippen LogP contribution in [0, 0.1) is 0 Å². The highest BCUT2D eigenvalue weighted by molar-refractivity contribution is 6.21. The molecule has 2 unspecified atom stereocenters. The van der Waals surface area contributed by atoms with Gasteiger partial charge in [0.15, 0.2) is 0 Å². The number of hydrogen-bond acceptors (Lipinski definition) is 2. The Morgan fingerprint density at radius 2 is 2.00 bits per heavy atom. The van der Waals surface area contributed by atoms with Crippen LogP contribution in [0.5, 0.6) is 0 Å². The Morgan fingerprint density at radius 3 is 2.30 bits per heavy atom. The van der Waals surface area contributed by atoms with Gasteiger partial charge in [0, 0.05) is 12.6 Å². The Balaban J connectivity index is 3.50. The zero-order chi connectivity index (χ0) is 8.15. The molecule has 10 heavy (non-hydrogen) atoms. The van der Waals surface area contributed by atoms with Crippen LogP contribution in [0.1, 0.15) is 6.92 Å². The third kappa shape index (κ3) is 4.09. The van der Waals surface area contributed by atoms with Crippen molar-refractivity contribution >= 4 is 11.6 Å². The fraction of sp³-hybridized carbons (Fsp3) is 1.00. The van der Waals surface area contributed by atoms with Crippen LogP contribution in [-0.2, 0) is 0 Å². The van der Waals surface area contributed by atoms with E-state index in [1.165, 1.54) is 0 Å². The number of alkyl halides is 1. The molecule has 0 aromatic rings. The largest absolute Gasteiger partial charge is 0.316 e. The minimum absolute atomic E-state index is 0.194. The molecule has 0 aliphatic carbocycles. The summed E-state index contributed by atoms with van der Waals surface area (Å²) in [4.78, 5) is 2.09. The summed E-state index contributed by atoms with van der Waals surface area (Å²) in [6.07, 6.45) is 0. The van der Waals surface area contributed by atoms with Crippen molar-refractivity contribution in [1.82, 2.24) is 10.2 Å². The lowest BCUT2D eigenvalue weighted by atomic mass is 10.2. The normalized spacial score (nSPS) is 17.4. The number of nitrogens with one attached hydrogen (secondary N) is 1. The molecule has 0 bridgehead atoms. The number of hydrogen-bond donors (Lipinski definition) is 1. The molecular weight excluding hydrogens is 148 g/mol. The standard InChI is InChI=1S/C7H17ClN2/c1-6(9-2)7(8)5-10(3)4/h6-7,9H,5H2,1-4H3. The monoisotopic (exact) mass is 164 g/mol. The highest BCUT2D eigenvalue weighted by Crippen LogP contribution is 2.02. The van der Waals surface area contributed by atoms with E-state index in [0.29, 0.717) is 6.04 Å². The summed E-state index contributed by atoms with van der Waals surface area (Å²) in [5, 5.41) is 3.31. The molecule has 0 amide bonds. The number of nitrogens with zero attached hydrogens (tertiary/aromatic N) is 1. The fourth-order valence-corrected chi connectivity index (χ4v) is 1.09. The van der Waals surface area contributed by atoms with E-state index in [1.807, 2.05) is 21.1 Å². The maximum atomic E-state index is 6.02. The van der Waals surface area contributed by atoms with Gasteiger partial charge in [0.25, 0.3) is 0 Å². The van der Waals surface area contributed by atoms with Crippen LogP contribution < -0.4 is 5.32 Å². The van der Waals surface area contributed by atoms with Crippen LogP contribution in [0.3, 0.4) is 0 Å². The van der Waals surface area contributed by atoms with E-state index in [-0.39, 0.29) is 5.38 Å². The molecule has 0 aliphatic heterocycles. The lowest BCUT2D eigenvalue weighted by Gasteiger charge is -2.20. The van der Waals surface area contributed by atoms with E-state index in [0.717, 1.165) is 6.54 Å². The number of rotatable bonds is 4. The maximum absolute atomic E-state index is 6.02. The Bertz CT molecular complexity index is 85.7. The van der Waals surface area contributed by atoms with Crippen LogP contribution in [0.25, 0.3) is 0 Å². The quantitative estimate of drug-likeness (QED) is 0.618. The molecule has 0 fully saturated rings. The van der Waals surface area contributed by atoms with Crippen molar-refractivity contribution in [3.8, 4) is 0 Å². The van der Waals surface area contributed by atoms with Crippen molar-refractivity contribution in [3.63, 3.8) is 0 Å². The minimum Gasteiger partial charge on any atom is -0.316 e. The summed E-state index contributed by atoms with van der Waals surface area (Å²) in [5.74, 6) is 0. The van der Waals surface area contributed by atoms with Crippen LogP contribution in [0.4, 0.5) is 0 Å². The van der Waals surface area contributed by atoms with Crippen LogP contribution >= 0.6 is 11.6 Å². The van der Waals surface area contributed by atoms with Crippen molar-refractivity contribution in [1.29, 1.82) is 0 Å². The second-order valence-corrected chi connectivity index (χ2v) is 3.42. The lowest BCUT2D eigenvalue weighted by molar-refractivity contribution is 0.378. The first-order chi connectivity index (χ1) is 4.57. The fourth-order valence-electron chi connectivity index (χ4n) is 0.688. The second-order valence-electron chi connectivity index (χ2n) is 2.86. The van der Waals surface area contributed by atoms with Gasteiger partial charge in [-0.25, -0.2) is 0 Å². The molecule has 2 atom stereocenters. The summed E-state index contributed by atoms with van der Waals surface area (Å²) in [7, 11) is 5.98. The van der Waals surface area contributed by atoms with Crippen molar-refractivity contribution < 1.29 is 0 Å². The highest BCUT2D eigenvalue weighted by Gasteiger charge is 2.12. The molecular formula is C7H17ClN2. The Labute approximate surface area is 68.5 Å². The molecule has 0 rings (SSSR count). The van der Waals surface area contributed by atoms with E-state index in [9.17, 15) is 0 Å². The molecule has 0 heterocycles. The molecule has 3 heteroatoms. The van der Waals surface area contributed by atoms with E-state index in [1.54, 1.807) is 0 Å². The van der Waals surface area contributed by atoms with Crippen LogP contribution in [0.15, 0.2) is 0 Å². The Hall–Kier alpha value is 0.210. The molecule has 0 aromatic carbocycles. The van der Waals surface area contributed by atoms with E-state index in [2.05, 4.69) is 17.1 Å². The summed E-state index contributed by atoms with van der Waals surface area (Å²) in [5.41, 5.74) is 0. The van der Waals surface area contributed by atoms with Gasteiger partial charge in [-0.3, -0.25) is 0 Å². The van der Waals surface area contributed by atoms with E-state index >= 15 is 0 Å². The third-order valence-corrected chi connectivity index (χ3v) is 2.05. The first-order valence-corrected chi connectivity index (χ1v) is 3.97. The molecule has 2 nitrogen and oxygen atoms in total. The van der Waals surface area contributed by atoms with Crippen molar-refractivity contribution in [2.75, 3.05) is 27.7 Å². The Morgan fingerprint density at radius 1 is 1.50 bits per heavy atom. The zero-order valence-corrected chi connectivity index (χ0v) is 7.94. The first-order valence-electron chi connectivity index (χ1n) is 3.54. The van der Waals surface area contributed by atoms with Gasteiger partial charge in [0.1, 0.15) is 0 Å². The summed E-state index contributed by atoms with van der Waals surface area (Å²) < 4.78 is 0.